The van der Waals surface area contributed by atoms with E-state index in [1.165, 1.54) is 25.9 Å². The fourth-order valence-electron chi connectivity index (χ4n) is 2.21. The first-order valence-corrected chi connectivity index (χ1v) is 5.71. The number of aliphatic hydroxyl groups is 1. The molecule has 2 N–H and O–H groups in total. The molecular formula is C11H19N3O. The molecule has 1 saturated heterocycles. The molecule has 0 bridgehead atoms. The van der Waals surface area contributed by atoms with Crippen molar-refractivity contribution < 1.29 is 5.11 Å². The molecule has 15 heavy (non-hydrogen) atoms. The minimum absolute atomic E-state index is 0.0564. The van der Waals surface area contributed by atoms with Crippen LogP contribution in [0.5, 0.6) is 0 Å². The van der Waals surface area contributed by atoms with Gasteiger partial charge in [0, 0.05) is 5.92 Å². The molecule has 0 spiro atoms. The number of H-pyrrole nitrogens is 1. The van der Waals surface area contributed by atoms with Crippen molar-refractivity contribution in [2.75, 3.05) is 19.6 Å². The second-order valence-corrected chi connectivity index (χ2v) is 4.18. The molecule has 0 atom stereocenters. The van der Waals surface area contributed by atoms with Crippen LogP contribution in [-0.2, 0) is 6.61 Å². The Bertz CT molecular complexity index is 303. The van der Waals surface area contributed by atoms with Crippen LogP contribution in [0, 0.1) is 0 Å². The van der Waals surface area contributed by atoms with Gasteiger partial charge in [0.15, 0.2) is 0 Å². The molecule has 1 fully saturated rings. The van der Waals surface area contributed by atoms with Gasteiger partial charge in [0.05, 0.1) is 18.0 Å². The summed E-state index contributed by atoms with van der Waals surface area (Å²) in [6, 6.07) is 1.99. The van der Waals surface area contributed by atoms with E-state index in [1.54, 1.807) is 0 Å². The molecule has 4 heteroatoms. The Morgan fingerprint density at radius 3 is 2.80 bits per heavy atom. The van der Waals surface area contributed by atoms with Crippen molar-refractivity contribution in [3.8, 4) is 0 Å². The van der Waals surface area contributed by atoms with Crippen molar-refractivity contribution in [2.45, 2.75) is 32.3 Å². The summed E-state index contributed by atoms with van der Waals surface area (Å²) in [6.07, 6.45) is 2.37. The first-order valence-electron chi connectivity index (χ1n) is 5.71. The van der Waals surface area contributed by atoms with Gasteiger partial charge in [-0.05, 0) is 38.5 Å². The van der Waals surface area contributed by atoms with Crippen LogP contribution in [0.2, 0.25) is 0 Å². The van der Waals surface area contributed by atoms with Gasteiger partial charge in [-0.1, -0.05) is 6.92 Å². The number of piperidine rings is 1. The zero-order chi connectivity index (χ0) is 10.7. The maximum absolute atomic E-state index is 8.95. The van der Waals surface area contributed by atoms with E-state index in [0.717, 1.165) is 17.9 Å². The minimum Gasteiger partial charge on any atom is -0.390 e. The second-order valence-electron chi connectivity index (χ2n) is 4.18. The standard InChI is InChI=1S/C11H19N3O/c1-2-14-5-3-9(4-6-14)11-7-10(8-15)12-13-11/h7,9,15H,2-6,8H2,1H3,(H,12,13). The number of hydrogen-bond donors (Lipinski definition) is 2. The molecule has 4 nitrogen and oxygen atoms in total. The summed E-state index contributed by atoms with van der Waals surface area (Å²) in [4.78, 5) is 2.47. The lowest BCUT2D eigenvalue weighted by molar-refractivity contribution is 0.221. The van der Waals surface area contributed by atoms with Gasteiger partial charge in [0.2, 0.25) is 0 Å². The molecule has 2 rings (SSSR count). The predicted molar refractivity (Wildman–Crippen MR) is 58.6 cm³/mol. The van der Waals surface area contributed by atoms with Crippen molar-refractivity contribution in [2.24, 2.45) is 0 Å². The monoisotopic (exact) mass is 209 g/mol. The number of likely N-dealkylation sites (tertiary alicyclic amines) is 1. The van der Waals surface area contributed by atoms with Crippen LogP contribution in [-0.4, -0.2) is 39.8 Å². The Kier molecular flexibility index (Phi) is 3.38. The maximum atomic E-state index is 8.95. The first-order chi connectivity index (χ1) is 7.33. The summed E-state index contributed by atoms with van der Waals surface area (Å²) in [7, 11) is 0. The minimum atomic E-state index is 0.0564. The number of rotatable bonds is 3. The van der Waals surface area contributed by atoms with Crippen molar-refractivity contribution >= 4 is 0 Å². The van der Waals surface area contributed by atoms with Crippen LogP contribution >= 0.6 is 0 Å². The molecule has 2 heterocycles. The number of aromatic amines is 1. The molecule has 84 valence electrons. The summed E-state index contributed by atoms with van der Waals surface area (Å²) < 4.78 is 0. The van der Waals surface area contributed by atoms with Gasteiger partial charge in [-0.3, -0.25) is 5.10 Å². The molecule has 1 aromatic heterocycles. The van der Waals surface area contributed by atoms with Crippen LogP contribution < -0.4 is 0 Å². The maximum Gasteiger partial charge on any atom is 0.0847 e. The Hall–Kier alpha value is -0.870. The topological polar surface area (TPSA) is 52.1 Å². The van der Waals surface area contributed by atoms with Crippen LogP contribution in [0.1, 0.15) is 37.1 Å². The average Bonchev–Trinajstić information content (AvgIpc) is 2.78. The average molecular weight is 209 g/mol. The van der Waals surface area contributed by atoms with E-state index in [-0.39, 0.29) is 6.61 Å². The normalized spacial score (nSPS) is 19.6. The lowest BCUT2D eigenvalue weighted by Gasteiger charge is -2.29. The van der Waals surface area contributed by atoms with Crippen LogP contribution in [0.15, 0.2) is 6.07 Å². The summed E-state index contributed by atoms with van der Waals surface area (Å²) in [5.74, 6) is 0.573. The predicted octanol–water partition coefficient (Wildman–Crippen LogP) is 1.10. The number of nitrogens with one attached hydrogen (secondary N) is 1. The SMILES string of the molecule is CCN1CCC(c2cc(CO)[nH]n2)CC1. The zero-order valence-electron chi connectivity index (χ0n) is 9.24. The van der Waals surface area contributed by atoms with Crippen molar-refractivity contribution in [3.63, 3.8) is 0 Å². The third-order valence-electron chi connectivity index (χ3n) is 3.27. The van der Waals surface area contributed by atoms with E-state index in [4.69, 9.17) is 5.11 Å². The molecule has 0 saturated carbocycles. The number of nitrogens with zero attached hydrogens (tertiary/aromatic N) is 2. The molecule has 1 aliphatic heterocycles. The largest absolute Gasteiger partial charge is 0.390 e. The first kappa shape index (κ1) is 10.6. The smallest absolute Gasteiger partial charge is 0.0847 e. The van der Waals surface area contributed by atoms with E-state index in [0.29, 0.717) is 5.92 Å². The van der Waals surface area contributed by atoms with Crippen LogP contribution in [0.25, 0.3) is 0 Å². The molecule has 0 amide bonds. The highest BCUT2D eigenvalue weighted by molar-refractivity contribution is 5.13. The third kappa shape index (κ3) is 2.38. The van der Waals surface area contributed by atoms with Crippen molar-refractivity contribution in [3.05, 3.63) is 17.5 Å². The highest BCUT2D eigenvalue weighted by Gasteiger charge is 2.21. The summed E-state index contributed by atoms with van der Waals surface area (Å²) in [6.45, 7) is 5.75. The molecule has 0 radical (unpaired) electrons. The highest BCUT2D eigenvalue weighted by Crippen LogP contribution is 2.26. The summed E-state index contributed by atoms with van der Waals surface area (Å²) in [5.41, 5.74) is 1.94. The summed E-state index contributed by atoms with van der Waals surface area (Å²) in [5, 5.41) is 16.1. The van der Waals surface area contributed by atoms with E-state index in [1.807, 2.05) is 6.07 Å². The van der Waals surface area contributed by atoms with Gasteiger partial charge in [0.1, 0.15) is 0 Å². The molecule has 1 aromatic rings. The second kappa shape index (κ2) is 4.77. The van der Waals surface area contributed by atoms with E-state index >= 15 is 0 Å². The molecule has 0 aromatic carbocycles. The zero-order valence-corrected chi connectivity index (χ0v) is 9.24. The van der Waals surface area contributed by atoms with Gasteiger partial charge in [0.25, 0.3) is 0 Å². The number of aromatic nitrogens is 2. The van der Waals surface area contributed by atoms with Gasteiger partial charge in [-0.15, -0.1) is 0 Å². The van der Waals surface area contributed by atoms with Gasteiger partial charge in [-0.25, -0.2) is 0 Å². The Morgan fingerprint density at radius 2 is 2.27 bits per heavy atom. The fourth-order valence-corrected chi connectivity index (χ4v) is 2.21. The van der Waals surface area contributed by atoms with E-state index in [2.05, 4.69) is 22.0 Å². The third-order valence-corrected chi connectivity index (χ3v) is 3.27. The molecule has 0 unspecified atom stereocenters. The number of hydrogen-bond acceptors (Lipinski definition) is 3. The highest BCUT2D eigenvalue weighted by atomic mass is 16.3. The van der Waals surface area contributed by atoms with Crippen molar-refractivity contribution in [1.82, 2.24) is 15.1 Å². The van der Waals surface area contributed by atoms with Crippen LogP contribution in [0.3, 0.4) is 0 Å². The van der Waals surface area contributed by atoms with Crippen molar-refractivity contribution in [1.29, 1.82) is 0 Å². The van der Waals surface area contributed by atoms with E-state index < -0.39 is 0 Å². The quantitative estimate of drug-likeness (QED) is 0.784. The molecule has 1 aliphatic rings. The molecule has 0 aliphatic carbocycles. The van der Waals surface area contributed by atoms with Gasteiger partial charge in [-0.2, -0.15) is 5.10 Å². The van der Waals surface area contributed by atoms with E-state index in [9.17, 15) is 0 Å². The fraction of sp³-hybridized carbons (Fsp3) is 0.727. The Labute approximate surface area is 90.3 Å². The lowest BCUT2D eigenvalue weighted by Crippen LogP contribution is -2.32. The number of aliphatic hydroxyl groups excluding tert-OH is 1. The van der Waals surface area contributed by atoms with Gasteiger partial charge < -0.3 is 10.0 Å². The summed E-state index contributed by atoms with van der Waals surface area (Å²) >= 11 is 0. The Balaban J connectivity index is 1.95. The van der Waals surface area contributed by atoms with Gasteiger partial charge >= 0.3 is 0 Å². The Morgan fingerprint density at radius 1 is 1.53 bits per heavy atom. The molecular weight excluding hydrogens is 190 g/mol. The lowest BCUT2D eigenvalue weighted by atomic mass is 9.93. The van der Waals surface area contributed by atoms with Crippen LogP contribution in [0.4, 0.5) is 0 Å².